The third-order valence-electron chi connectivity index (χ3n) is 4.89. The van der Waals surface area contributed by atoms with Crippen molar-refractivity contribution >= 4 is 17.1 Å². The molecule has 3 heterocycles. The van der Waals surface area contributed by atoms with Crippen LogP contribution in [0.15, 0.2) is 59.7 Å². The van der Waals surface area contributed by atoms with Crippen molar-refractivity contribution in [1.29, 1.82) is 0 Å². The summed E-state index contributed by atoms with van der Waals surface area (Å²) in [4.78, 5) is 40.8. The van der Waals surface area contributed by atoms with E-state index in [0.717, 1.165) is 5.56 Å². The summed E-state index contributed by atoms with van der Waals surface area (Å²) in [6.07, 6.45) is 1.47. The Labute approximate surface area is 179 Å². The quantitative estimate of drug-likeness (QED) is 0.384. The summed E-state index contributed by atoms with van der Waals surface area (Å²) in [6.45, 7) is 0. The molecule has 1 amide bonds. The summed E-state index contributed by atoms with van der Waals surface area (Å²) in [5.41, 5.74) is 7.09. The molecule has 0 saturated carbocycles. The van der Waals surface area contributed by atoms with Gasteiger partial charge in [-0.25, -0.2) is 24.3 Å². The maximum absolute atomic E-state index is 12.9. The van der Waals surface area contributed by atoms with Gasteiger partial charge in [0, 0.05) is 11.1 Å². The number of benzene rings is 2. The van der Waals surface area contributed by atoms with Crippen molar-refractivity contribution in [3.8, 4) is 34.2 Å². The fraction of sp³-hybridized carbons (Fsp3) is 0.0476. The van der Waals surface area contributed by atoms with Crippen molar-refractivity contribution in [3.63, 3.8) is 0 Å². The third kappa shape index (κ3) is 3.08. The van der Waals surface area contributed by atoms with Crippen molar-refractivity contribution in [2.75, 3.05) is 7.11 Å². The molecule has 0 aliphatic rings. The summed E-state index contributed by atoms with van der Waals surface area (Å²) in [6, 6.07) is 14.2. The fourth-order valence-electron chi connectivity index (χ4n) is 3.48. The average Bonchev–Trinajstić information content (AvgIpc) is 3.46. The van der Waals surface area contributed by atoms with Crippen LogP contribution in [0.5, 0.6) is 5.75 Å². The Balaban J connectivity index is 1.79. The van der Waals surface area contributed by atoms with Crippen LogP contribution >= 0.6 is 0 Å². The number of hydrogen-bond donors (Lipinski definition) is 3. The number of ether oxygens (including phenoxy) is 1. The monoisotopic (exact) mass is 428 g/mol. The molecule has 0 atom stereocenters. The minimum Gasteiger partial charge on any atom is -0.495 e. The molecule has 11 nitrogen and oxygen atoms in total. The highest BCUT2D eigenvalue weighted by Gasteiger charge is 2.21. The van der Waals surface area contributed by atoms with Crippen LogP contribution in [0.2, 0.25) is 0 Å². The van der Waals surface area contributed by atoms with Gasteiger partial charge in [0.15, 0.2) is 23.0 Å². The van der Waals surface area contributed by atoms with Crippen LogP contribution < -0.4 is 16.2 Å². The van der Waals surface area contributed by atoms with E-state index in [-0.39, 0.29) is 22.7 Å². The lowest BCUT2D eigenvalue weighted by molar-refractivity contribution is 0.0997. The molecule has 0 aliphatic heterocycles. The molecule has 4 N–H and O–H groups in total. The van der Waals surface area contributed by atoms with Gasteiger partial charge in [-0.1, -0.05) is 30.3 Å². The Kier molecular flexibility index (Phi) is 4.48. The van der Waals surface area contributed by atoms with Gasteiger partial charge in [-0.2, -0.15) is 5.10 Å². The van der Waals surface area contributed by atoms with Crippen LogP contribution in [0.4, 0.5) is 0 Å². The van der Waals surface area contributed by atoms with Crippen LogP contribution in [0.1, 0.15) is 10.5 Å². The zero-order valence-electron chi connectivity index (χ0n) is 16.7. The van der Waals surface area contributed by atoms with Gasteiger partial charge in [-0.05, 0) is 18.2 Å². The van der Waals surface area contributed by atoms with Crippen LogP contribution in [0, 0.1) is 0 Å². The predicted octanol–water partition coefficient (Wildman–Crippen LogP) is 1.67. The highest BCUT2D eigenvalue weighted by Crippen LogP contribution is 2.27. The number of rotatable bonds is 5. The number of nitrogens with one attached hydrogen (secondary N) is 2. The first-order valence-corrected chi connectivity index (χ1v) is 9.49. The molecule has 5 rings (SSSR count). The standard InChI is InChI=1S/C21H16N8O3/c1-32-14-8-3-2-7-13(14)29-20-16(26-21(29)31)15(17(22)30)25-19(27-20)12-6-4-5-11(9-12)18-23-10-24-28-18/h2-10H,1H3,(H2,22,30)(H,26,31)(H,23,24,28). The zero-order chi connectivity index (χ0) is 22.2. The maximum Gasteiger partial charge on any atom is 0.332 e. The van der Waals surface area contributed by atoms with E-state index in [2.05, 4.69) is 30.1 Å². The normalized spacial score (nSPS) is 11.0. The smallest absolute Gasteiger partial charge is 0.332 e. The van der Waals surface area contributed by atoms with Crippen molar-refractivity contribution < 1.29 is 9.53 Å². The summed E-state index contributed by atoms with van der Waals surface area (Å²) in [5, 5.41) is 6.75. The number of methoxy groups -OCH3 is 1. The predicted molar refractivity (Wildman–Crippen MR) is 115 cm³/mol. The van der Waals surface area contributed by atoms with Gasteiger partial charge in [-0.15, -0.1) is 0 Å². The van der Waals surface area contributed by atoms with Gasteiger partial charge in [0.25, 0.3) is 5.91 Å². The number of primary amides is 1. The number of carbonyl (C=O) groups is 1. The van der Waals surface area contributed by atoms with Gasteiger partial charge in [0.1, 0.15) is 17.6 Å². The number of imidazole rings is 1. The van der Waals surface area contributed by atoms with Crippen molar-refractivity contribution in [2.45, 2.75) is 0 Å². The summed E-state index contributed by atoms with van der Waals surface area (Å²) in [5.74, 6) is 0.377. The minimum atomic E-state index is -0.794. The molecule has 5 aromatic rings. The van der Waals surface area contributed by atoms with Crippen molar-refractivity contribution in [2.24, 2.45) is 5.73 Å². The summed E-state index contributed by atoms with van der Waals surface area (Å²) < 4.78 is 6.72. The molecule has 0 fully saturated rings. The van der Waals surface area contributed by atoms with E-state index in [1.54, 1.807) is 42.5 Å². The van der Waals surface area contributed by atoms with E-state index < -0.39 is 11.6 Å². The molecular weight excluding hydrogens is 412 g/mol. The van der Waals surface area contributed by atoms with Gasteiger partial charge in [-0.3, -0.25) is 9.89 Å². The molecule has 2 aromatic carbocycles. The first-order valence-electron chi connectivity index (χ1n) is 9.49. The Morgan fingerprint density at radius 1 is 1.06 bits per heavy atom. The molecule has 0 aliphatic carbocycles. The molecule has 0 bridgehead atoms. The molecule has 0 spiro atoms. The number of aromatic amines is 2. The van der Waals surface area contributed by atoms with Crippen LogP contribution in [-0.2, 0) is 0 Å². The molecule has 11 heteroatoms. The van der Waals surface area contributed by atoms with Gasteiger partial charge >= 0.3 is 5.69 Å². The lowest BCUT2D eigenvalue weighted by Gasteiger charge is -2.10. The second kappa shape index (κ2) is 7.47. The number of amides is 1. The summed E-state index contributed by atoms with van der Waals surface area (Å²) >= 11 is 0. The highest BCUT2D eigenvalue weighted by atomic mass is 16.5. The second-order valence-electron chi connectivity index (χ2n) is 6.80. The van der Waals surface area contributed by atoms with Crippen LogP contribution in [0.3, 0.4) is 0 Å². The molecule has 0 radical (unpaired) electrons. The number of para-hydroxylation sites is 2. The SMILES string of the molecule is COc1ccccc1-n1c(=O)[nH]c2c(C(N)=O)nc(-c3cccc(-c4nc[nH]n4)c3)nc21. The van der Waals surface area contributed by atoms with E-state index in [9.17, 15) is 9.59 Å². The first-order chi connectivity index (χ1) is 15.6. The number of aromatic nitrogens is 7. The van der Waals surface area contributed by atoms with Crippen LogP contribution in [-0.4, -0.2) is 47.7 Å². The first kappa shape index (κ1) is 19.2. The number of H-pyrrole nitrogens is 2. The Bertz CT molecular complexity index is 1520. The topological polar surface area (TPSA) is 157 Å². The summed E-state index contributed by atoms with van der Waals surface area (Å²) in [7, 11) is 1.50. The van der Waals surface area contributed by atoms with Crippen molar-refractivity contribution in [1.82, 2.24) is 34.7 Å². The molecule has 3 aromatic heterocycles. The number of carbonyl (C=O) groups excluding carboxylic acids is 1. The Hall–Kier alpha value is -4.80. The number of nitrogens with zero attached hydrogens (tertiary/aromatic N) is 5. The van der Waals surface area contributed by atoms with Gasteiger partial charge in [0.2, 0.25) is 0 Å². The van der Waals surface area contributed by atoms with Gasteiger partial charge < -0.3 is 15.5 Å². The third-order valence-corrected chi connectivity index (χ3v) is 4.89. The second-order valence-corrected chi connectivity index (χ2v) is 6.80. The zero-order valence-corrected chi connectivity index (χ0v) is 16.7. The Morgan fingerprint density at radius 2 is 1.84 bits per heavy atom. The van der Waals surface area contributed by atoms with Crippen LogP contribution in [0.25, 0.3) is 39.6 Å². The average molecular weight is 428 g/mol. The molecule has 158 valence electrons. The van der Waals surface area contributed by atoms with Gasteiger partial charge in [0.05, 0.1) is 12.8 Å². The molecule has 0 unspecified atom stereocenters. The fourth-order valence-corrected chi connectivity index (χ4v) is 3.48. The lowest BCUT2D eigenvalue weighted by Crippen LogP contribution is -2.16. The molecule has 32 heavy (non-hydrogen) atoms. The molecular formula is C21H16N8O3. The Morgan fingerprint density at radius 3 is 2.56 bits per heavy atom. The lowest BCUT2D eigenvalue weighted by atomic mass is 10.1. The van der Waals surface area contributed by atoms with Crippen molar-refractivity contribution in [3.05, 3.63) is 71.0 Å². The van der Waals surface area contributed by atoms with E-state index >= 15 is 0 Å². The number of nitrogens with two attached hydrogens (primary N) is 1. The van der Waals surface area contributed by atoms with E-state index in [4.69, 9.17) is 10.5 Å². The van der Waals surface area contributed by atoms with E-state index in [1.165, 1.54) is 18.0 Å². The minimum absolute atomic E-state index is 0.0981. The maximum atomic E-state index is 12.9. The largest absolute Gasteiger partial charge is 0.495 e. The molecule has 0 saturated heterocycles. The highest BCUT2D eigenvalue weighted by molar-refractivity contribution is 6.02. The van der Waals surface area contributed by atoms with E-state index in [0.29, 0.717) is 22.8 Å². The number of hydrogen-bond acceptors (Lipinski definition) is 7. The number of fused-ring (bicyclic) bond motifs is 1. The van der Waals surface area contributed by atoms with E-state index in [1.807, 2.05) is 6.07 Å².